The van der Waals surface area contributed by atoms with Crippen LogP contribution < -0.4 is 0 Å². The Balaban J connectivity index is 1.82. The lowest BCUT2D eigenvalue weighted by Gasteiger charge is -2.44. The molecule has 0 aromatic heterocycles. The zero-order valence-corrected chi connectivity index (χ0v) is 12.2. The maximum atomic E-state index is 9.14. The highest BCUT2D eigenvalue weighted by Crippen LogP contribution is 2.20. The van der Waals surface area contributed by atoms with Crippen molar-refractivity contribution in [2.24, 2.45) is 0 Å². The van der Waals surface area contributed by atoms with Gasteiger partial charge in [0.15, 0.2) is 0 Å². The van der Waals surface area contributed by atoms with E-state index in [4.69, 9.17) is 5.11 Å². The van der Waals surface area contributed by atoms with Crippen LogP contribution in [0.3, 0.4) is 0 Å². The van der Waals surface area contributed by atoms with Gasteiger partial charge in [-0.3, -0.25) is 9.80 Å². The van der Waals surface area contributed by atoms with Crippen molar-refractivity contribution >= 4 is 0 Å². The zero-order chi connectivity index (χ0) is 13.7. The number of nitrogens with zero attached hydrogens (tertiary/aromatic N) is 2. The first-order chi connectivity index (χ1) is 9.12. The molecular formula is C16H26N2O. The summed E-state index contributed by atoms with van der Waals surface area (Å²) in [6.07, 6.45) is 0.853. The Labute approximate surface area is 116 Å². The van der Waals surface area contributed by atoms with Crippen molar-refractivity contribution in [3.05, 3.63) is 35.9 Å². The highest BCUT2D eigenvalue weighted by Gasteiger charge is 2.29. The summed E-state index contributed by atoms with van der Waals surface area (Å²) in [5, 5.41) is 9.14. The third kappa shape index (κ3) is 4.03. The van der Waals surface area contributed by atoms with Crippen molar-refractivity contribution < 1.29 is 5.11 Å². The minimum atomic E-state index is 0.119. The van der Waals surface area contributed by atoms with E-state index >= 15 is 0 Å². The summed E-state index contributed by atoms with van der Waals surface area (Å²) in [5.74, 6) is 0. The monoisotopic (exact) mass is 262 g/mol. The van der Waals surface area contributed by atoms with Crippen molar-refractivity contribution in [3.63, 3.8) is 0 Å². The number of hydrogen-bond donors (Lipinski definition) is 1. The van der Waals surface area contributed by atoms with Gasteiger partial charge in [-0.1, -0.05) is 30.3 Å². The van der Waals surface area contributed by atoms with Crippen molar-refractivity contribution in [1.29, 1.82) is 0 Å². The maximum absolute atomic E-state index is 9.14. The number of piperazine rings is 1. The van der Waals surface area contributed by atoms with E-state index in [2.05, 4.69) is 54.0 Å². The Morgan fingerprint density at radius 2 is 1.68 bits per heavy atom. The largest absolute Gasteiger partial charge is 0.396 e. The molecule has 1 aromatic carbocycles. The second-order valence-electron chi connectivity index (χ2n) is 6.03. The van der Waals surface area contributed by atoms with E-state index < -0.39 is 0 Å². The van der Waals surface area contributed by atoms with Gasteiger partial charge in [0.05, 0.1) is 0 Å². The molecule has 1 aliphatic heterocycles. The third-order valence-electron chi connectivity index (χ3n) is 4.20. The van der Waals surface area contributed by atoms with E-state index in [1.165, 1.54) is 5.56 Å². The van der Waals surface area contributed by atoms with Gasteiger partial charge in [-0.25, -0.2) is 0 Å². The summed E-state index contributed by atoms with van der Waals surface area (Å²) in [5.41, 5.74) is 1.51. The van der Waals surface area contributed by atoms with Gasteiger partial charge in [0.1, 0.15) is 0 Å². The van der Waals surface area contributed by atoms with Crippen LogP contribution in [0.15, 0.2) is 30.3 Å². The van der Waals surface area contributed by atoms with E-state index in [9.17, 15) is 0 Å². The van der Waals surface area contributed by atoms with Gasteiger partial charge >= 0.3 is 0 Å². The van der Waals surface area contributed by atoms with E-state index in [0.717, 1.165) is 39.1 Å². The van der Waals surface area contributed by atoms with Crippen LogP contribution in [0.4, 0.5) is 0 Å². The Morgan fingerprint density at radius 3 is 2.26 bits per heavy atom. The summed E-state index contributed by atoms with van der Waals surface area (Å²) in [6.45, 7) is 10.2. The van der Waals surface area contributed by atoms with Gasteiger partial charge in [0.25, 0.3) is 0 Å². The predicted molar refractivity (Wildman–Crippen MR) is 79.1 cm³/mol. The van der Waals surface area contributed by atoms with Gasteiger partial charge in [-0.2, -0.15) is 0 Å². The summed E-state index contributed by atoms with van der Waals surface area (Å²) in [4.78, 5) is 5.02. The fourth-order valence-corrected chi connectivity index (χ4v) is 2.78. The number of aliphatic hydroxyl groups excluding tert-OH is 1. The summed E-state index contributed by atoms with van der Waals surface area (Å²) < 4.78 is 0. The van der Waals surface area contributed by atoms with Gasteiger partial charge < -0.3 is 5.11 Å². The van der Waals surface area contributed by atoms with Crippen LogP contribution >= 0.6 is 0 Å². The van der Waals surface area contributed by atoms with Crippen molar-refractivity contribution in [2.45, 2.75) is 32.4 Å². The average molecular weight is 262 g/mol. The molecule has 0 saturated carbocycles. The minimum Gasteiger partial charge on any atom is -0.396 e. The first kappa shape index (κ1) is 14.5. The van der Waals surface area contributed by atoms with Crippen molar-refractivity contribution in [2.75, 3.05) is 32.8 Å². The molecule has 3 nitrogen and oxygen atoms in total. The lowest BCUT2D eigenvalue weighted by Crippen LogP contribution is -2.54. The van der Waals surface area contributed by atoms with Gasteiger partial charge in [-0.15, -0.1) is 0 Å². The molecule has 1 aliphatic rings. The first-order valence-corrected chi connectivity index (χ1v) is 7.24. The second-order valence-corrected chi connectivity index (χ2v) is 6.03. The molecule has 1 N–H and O–H groups in total. The van der Waals surface area contributed by atoms with Crippen LogP contribution in [-0.2, 0) is 6.54 Å². The van der Waals surface area contributed by atoms with Crippen molar-refractivity contribution in [3.8, 4) is 0 Å². The predicted octanol–water partition coefficient (Wildman–Crippen LogP) is 1.97. The van der Waals surface area contributed by atoms with E-state index in [0.29, 0.717) is 0 Å². The molecule has 106 valence electrons. The van der Waals surface area contributed by atoms with Crippen molar-refractivity contribution in [1.82, 2.24) is 9.80 Å². The molecule has 0 radical (unpaired) electrons. The standard InChI is InChI=1S/C16H26N2O/c1-16(2,8-13-19)18-11-9-17(10-12-18)14-15-6-4-3-5-7-15/h3-7,19H,8-14H2,1-2H3. The Kier molecular flexibility index (Phi) is 4.97. The quantitative estimate of drug-likeness (QED) is 0.879. The summed E-state index contributed by atoms with van der Waals surface area (Å²) in [6, 6.07) is 10.7. The van der Waals surface area contributed by atoms with E-state index in [1.54, 1.807) is 0 Å². The van der Waals surface area contributed by atoms with Crippen LogP contribution in [0.5, 0.6) is 0 Å². The van der Waals surface area contributed by atoms with Gasteiger partial charge in [0, 0.05) is 44.9 Å². The molecule has 19 heavy (non-hydrogen) atoms. The molecule has 0 amide bonds. The highest BCUT2D eigenvalue weighted by atomic mass is 16.3. The zero-order valence-electron chi connectivity index (χ0n) is 12.2. The van der Waals surface area contributed by atoms with E-state index in [-0.39, 0.29) is 12.1 Å². The Hall–Kier alpha value is -0.900. The van der Waals surface area contributed by atoms with Gasteiger partial charge in [-0.05, 0) is 25.8 Å². The number of aliphatic hydroxyl groups is 1. The number of hydrogen-bond acceptors (Lipinski definition) is 3. The SMILES string of the molecule is CC(C)(CCO)N1CCN(Cc2ccccc2)CC1. The molecule has 1 heterocycles. The normalized spacial score (nSPS) is 18.7. The molecule has 1 aromatic rings. The highest BCUT2D eigenvalue weighted by molar-refractivity contribution is 5.14. The topological polar surface area (TPSA) is 26.7 Å². The second kappa shape index (κ2) is 6.51. The summed E-state index contributed by atoms with van der Waals surface area (Å²) in [7, 11) is 0. The average Bonchev–Trinajstić information content (AvgIpc) is 2.40. The molecule has 0 unspecified atom stereocenters. The molecule has 0 aliphatic carbocycles. The van der Waals surface area contributed by atoms with Crippen LogP contribution in [-0.4, -0.2) is 53.2 Å². The lowest BCUT2D eigenvalue weighted by atomic mass is 9.97. The van der Waals surface area contributed by atoms with Crippen LogP contribution in [0, 0.1) is 0 Å². The Morgan fingerprint density at radius 1 is 1.05 bits per heavy atom. The molecule has 1 saturated heterocycles. The van der Waals surface area contributed by atoms with E-state index in [1.807, 2.05) is 0 Å². The molecule has 2 rings (SSSR count). The molecular weight excluding hydrogens is 236 g/mol. The fraction of sp³-hybridized carbons (Fsp3) is 0.625. The maximum Gasteiger partial charge on any atom is 0.0448 e. The Bertz CT molecular complexity index is 370. The van der Waals surface area contributed by atoms with Crippen LogP contribution in [0.2, 0.25) is 0 Å². The number of rotatable bonds is 5. The minimum absolute atomic E-state index is 0.119. The number of benzene rings is 1. The molecule has 0 atom stereocenters. The first-order valence-electron chi connectivity index (χ1n) is 7.24. The summed E-state index contributed by atoms with van der Waals surface area (Å²) >= 11 is 0. The molecule has 0 spiro atoms. The lowest BCUT2D eigenvalue weighted by molar-refractivity contribution is 0.0348. The van der Waals surface area contributed by atoms with Gasteiger partial charge in [0.2, 0.25) is 0 Å². The van der Waals surface area contributed by atoms with Crippen LogP contribution in [0.1, 0.15) is 25.8 Å². The fourth-order valence-electron chi connectivity index (χ4n) is 2.78. The molecule has 1 fully saturated rings. The van der Waals surface area contributed by atoms with Crippen LogP contribution in [0.25, 0.3) is 0 Å². The smallest absolute Gasteiger partial charge is 0.0448 e. The molecule has 0 bridgehead atoms. The molecule has 3 heteroatoms. The third-order valence-corrected chi connectivity index (χ3v) is 4.20.